The summed E-state index contributed by atoms with van der Waals surface area (Å²) in [4.78, 5) is 62.3. The number of nitrogens with two attached hydrogens (primary N) is 3. The van der Waals surface area contributed by atoms with Gasteiger partial charge in [0.2, 0.25) is 17.7 Å². The molecule has 0 radical (unpaired) electrons. The van der Waals surface area contributed by atoms with Gasteiger partial charge in [0.15, 0.2) is 5.96 Å². The maximum Gasteiger partial charge on any atom is 0.326 e. The van der Waals surface area contributed by atoms with E-state index < -0.39 is 66.9 Å². The van der Waals surface area contributed by atoms with E-state index in [4.69, 9.17) is 27.4 Å². The first kappa shape index (κ1) is 27.5. The van der Waals surface area contributed by atoms with Crippen LogP contribution >= 0.6 is 0 Å². The highest BCUT2D eigenvalue weighted by atomic mass is 16.4. The van der Waals surface area contributed by atoms with E-state index in [1.54, 1.807) is 0 Å². The van der Waals surface area contributed by atoms with Crippen molar-refractivity contribution in [2.45, 2.75) is 50.4 Å². The number of carbonyl (C=O) groups is 5. The van der Waals surface area contributed by atoms with Gasteiger partial charge < -0.3 is 48.5 Å². The lowest BCUT2D eigenvalue weighted by Gasteiger charge is -2.25. The number of aliphatic hydroxyl groups is 1. The number of aliphatic imine (C=N–C) groups is 1. The Hall–Kier alpha value is -3.46. The van der Waals surface area contributed by atoms with E-state index >= 15 is 0 Å². The van der Waals surface area contributed by atoms with Gasteiger partial charge in [0, 0.05) is 6.54 Å². The van der Waals surface area contributed by atoms with Crippen LogP contribution in [0, 0.1) is 0 Å². The van der Waals surface area contributed by atoms with Crippen molar-refractivity contribution in [3.63, 3.8) is 0 Å². The number of aliphatic carboxylic acids is 2. The molecule has 0 rings (SSSR count). The standard InChI is InChI=1S/C16H29N7O8/c1-7(24)12(23-10(25)6-17)14(29)21-8(3-2-4-20-16(18)19)13(28)22-9(15(30)31)5-11(26)27/h7-9,12,24H,2-6,17H2,1H3,(H,21,29)(H,22,28)(H,23,25)(H,26,27)(H,30,31)(H4,18,19,20). The largest absolute Gasteiger partial charge is 0.481 e. The number of carboxylic acids is 2. The fourth-order valence-electron chi connectivity index (χ4n) is 2.32. The molecule has 0 aliphatic carbocycles. The molecular weight excluding hydrogens is 418 g/mol. The van der Waals surface area contributed by atoms with Crippen LogP contribution in [0.5, 0.6) is 0 Å². The number of hydrogen-bond acceptors (Lipinski definition) is 8. The fraction of sp³-hybridized carbons (Fsp3) is 0.625. The average Bonchev–Trinajstić information content (AvgIpc) is 2.66. The molecule has 4 atom stereocenters. The van der Waals surface area contributed by atoms with Crippen molar-refractivity contribution < 1.29 is 39.3 Å². The van der Waals surface area contributed by atoms with Crippen LogP contribution in [0.1, 0.15) is 26.2 Å². The predicted molar refractivity (Wildman–Crippen MR) is 106 cm³/mol. The Morgan fingerprint density at radius 2 is 1.55 bits per heavy atom. The Labute approximate surface area is 177 Å². The van der Waals surface area contributed by atoms with Crippen molar-refractivity contribution in [1.82, 2.24) is 16.0 Å². The molecular formula is C16H29N7O8. The lowest BCUT2D eigenvalue weighted by molar-refractivity contribution is -0.147. The highest BCUT2D eigenvalue weighted by molar-refractivity contribution is 5.94. The van der Waals surface area contributed by atoms with Crippen molar-refractivity contribution >= 4 is 35.6 Å². The third-order valence-corrected chi connectivity index (χ3v) is 3.84. The highest BCUT2D eigenvalue weighted by Gasteiger charge is 2.31. The fourth-order valence-corrected chi connectivity index (χ4v) is 2.32. The number of nitrogens with zero attached hydrogens (tertiary/aromatic N) is 1. The molecule has 31 heavy (non-hydrogen) atoms. The van der Waals surface area contributed by atoms with E-state index in [2.05, 4.69) is 15.6 Å². The monoisotopic (exact) mass is 447 g/mol. The van der Waals surface area contributed by atoms with Crippen LogP contribution in [0.25, 0.3) is 0 Å². The second-order valence-corrected chi connectivity index (χ2v) is 6.50. The normalized spacial score (nSPS) is 14.3. The second kappa shape index (κ2) is 13.7. The van der Waals surface area contributed by atoms with Gasteiger partial charge in [-0.05, 0) is 19.8 Å². The van der Waals surface area contributed by atoms with Crippen LogP contribution in [0.15, 0.2) is 4.99 Å². The third-order valence-electron chi connectivity index (χ3n) is 3.84. The Kier molecular flexibility index (Phi) is 12.2. The zero-order valence-electron chi connectivity index (χ0n) is 16.9. The maximum absolute atomic E-state index is 12.5. The summed E-state index contributed by atoms with van der Waals surface area (Å²) in [6.45, 7) is 0.861. The second-order valence-electron chi connectivity index (χ2n) is 6.50. The molecule has 176 valence electrons. The van der Waals surface area contributed by atoms with Gasteiger partial charge in [-0.1, -0.05) is 0 Å². The molecule has 0 heterocycles. The van der Waals surface area contributed by atoms with E-state index in [0.717, 1.165) is 0 Å². The van der Waals surface area contributed by atoms with Gasteiger partial charge in [0.05, 0.1) is 19.1 Å². The smallest absolute Gasteiger partial charge is 0.326 e. The number of amides is 3. The first-order valence-electron chi connectivity index (χ1n) is 9.17. The van der Waals surface area contributed by atoms with Gasteiger partial charge >= 0.3 is 11.9 Å². The molecule has 0 fully saturated rings. The Morgan fingerprint density at radius 1 is 0.968 bits per heavy atom. The summed E-state index contributed by atoms with van der Waals surface area (Å²) in [5.74, 6) is -5.90. The summed E-state index contributed by atoms with van der Waals surface area (Å²) in [5, 5.41) is 34.2. The van der Waals surface area contributed by atoms with Crippen LogP contribution in [-0.4, -0.2) is 88.3 Å². The molecule has 0 saturated heterocycles. The van der Waals surface area contributed by atoms with Crippen LogP contribution in [0.2, 0.25) is 0 Å². The third kappa shape index (κ3) is 11.3. The van der Waals surface area contributed by atoms with Crippen molar-refractivity contribution in [2.24, 2.45) is 22.2 Å². The number of guanidine groups is 1. The van der Waals surface area contributed by atoms with Gasteiger partial charge in [-0.2, -0.15) is 0 Å². The van der Waals surface area contributed by atoms with Crippen molar-refractivity contribution in [1.29, 1.82) is 0 Å². The van der Waals surface area contributed by atoms with Crippen molar-refractivity contribution in [2.75, 3.05) is 13.1 Å². The first-order chi connectivity index (χ1) is 14.4. The quantitative estimate of drug-likeness (QED) is 0.0693. The zero-order valence-corrected chi connectivity index (χ0v) is 16.9. The molecule has 0 aliphatic rings. The molecule has 0 aromatic carbocycles. The molecule has 0 aliphatic heterocycles. The number of carbonyl (C=O) groups excluding carboxylic acids is 3. The van der Waals surface area contributed by atoms with Gasteiger partial charge in [-0.3, -0.25) is 24.2 Å². The van der Waals surface area contributed by atoms with E-state index in [1.807, 2.05) is 5.32 Å². The van der Waals surface area contributed by atoms with E-state index in [-0.39, 0.29) is 25.3 Å². The molecule has 15 heteroatoms. The molecule has 12 N–H and O–H groups in total. The number of nitrogens with one attached hydrogen (secondary N) is 3. The molecule has 0 bridgehead atoms. The van der Waals surface area contributed by atoms with Gasteiger partial charge in [-0.25, -0.2) is 4.79 Å². The predicted octanol–water partition coefficient (Wildman–Crippen LogP) is -4.61. The molecule has 4 unspecified atom stereocenters. The Morgan fingerprint density at radius 3 is 2.00 bits per heavy atom. The summed E-state index contributed by atoms with van der Waals surface area (Å²) in [5.41, 5.74) is 15.6. The molecule has 15 nitrogen and oxygen atoms in total. The first-order valence-corrected chi connectivity index (χ1v) is 9.17. The van der Waals surface area contributed by atoms with Crippen LogP contribution in [0.3, 0.4) is 0 Å². The number of carboxylic acid groups (broad SMARTS) is 2. The summed E-state index contributed by atoms with van der Waals surface area (Å²) < 4.78 is 0. The minimum atomic E-state index is -1.74. The summed E-state index contributed by atoms with van der Waals surface area (Å²) >= 11 is 0. The topological polar surface area (TPSA) is 273 Å². The number of aliphatic hydroxyl groups excluding tert-OH is 1. The van der Waals surface area contributed by atoms with Gasteiger partial charge in [0.1, 0.15) is 18.1 Å². The Bertz CT molecular complexity index is 693. The van der Waals surface area contributed by atoms with Crippen LogP contribution < -0.4 is 33.2 Å². The zero-order chi connectivity index (χ0) is 24.1. The molecule has 0 aromatic heterocycles. The average molecular weight is 447 g/mol. The maximum atomic E-state index is 12.5. The van der Waals surface area contributed by atoms with Crippen molar-refractivity contribution in [3.05, 3.63) is 0 Å². The molecule has 0 aromatic rings. The highest BCUT2D eigenvalue weighted by Crippen LogP contribution is 2.04. The summed E-state index contributed by atoms with van der Waals surface area (Å²) in [7, 11) is 0. The van der Waals surface area contributed by atoms with E-state index in [1.165, 1.54) is 6.92 Å². The molecule has 0 spiro atoms. The van der Waals surface area contributed by atoms with Gasteiger partial charge in [-0.15, -0.1) is 0 Å². The molecule has 3 amide bonds. The number of rotatable bonds is 14. The number of hydrogen-bond donors (Lipinski definition) is 9. The lowest BCUT2D eigenvalue weighted by Crippen LogP contribution is -2.58. The molecule has 0 saturated carbocycles. The Balaban J connectivity index is 5.45. The van der Waals surface area contributed by atoms with Gasteiger partial charge in [0.25, 0.3) is 0 Å². The SMILES string of the molecule is CC(O)C(NC(=O)CN)C(=O)NC(CCCN=C(N)N)C(=O)NC(CC(=O)O)C(=O)O. The van der Waals surface area contributed by atoms with E-state index in [9.17, 15) is 29.1 Å². The van der Waals surface area contributed by atoms with Crippen LogP contribution in [-0.2, 0) is 24.0 Å². The van der Waals surface area contributed by atoms with Crippen LogP contribution in [0.4, 0.5) is 0 Å². The minimum absolute atomic E-state index is 0.0644. The minimum Gasteiger partial charge on any atom is -0.481 e. The van der Waals surface area contributed by atoms with Crippen molar-refractivity contribution in [3.8, 4) is 0 Å². The summed E-state index contributed by atoms with van der Waals surface area (Å²) in [6, 6.07) is -4.53. The van der Waals surface area contributed by atoms with E-state index in [0.29, 0.717) is 0 Å². The summed E-state index contributed by atoms with van der Waals surface area (Å²) in [6.07, 6.45) is -2.12. The lowest BCUT2D eigenvalue weighted by atomic mass is 10.1.